The maximum Gasteiger partial charge on any atom is 0.276 e. The monoisotopic (exact) mass is 621 g/mol. The van der Waals surface area contributed by atoms with Crippen molar-refractivity contribution in [2.45, 2.75) is 13.8 Å². The number of nitrogens with one attached hydrogen (secondary N) is 3. The molecule has 0 aliphatic rings. The number of carbonyl (C=O) groups excluding carboxylic acids is 2. The minimum Gasteiger partial charge on any atom is -0.483 e. The summed E-state index contributed by atoms with van der Waals surface area (Å²) >= 11 is 15.1. The number of hydrazine groups is 1. The van der Waals surface area contributed by atoms with Crippen LogP contribution in [0.15, 0.2) is 43.7 Å². The first-order valence-electron chi connectivity index (χ1n) is 8.51. The molecule has 0 spiro atoms. The number of benzene rings is 2. The lowest BCUT2D eigenvalue weighted by Crippen LogP contribution is -2.50. The van der Waals surface area contributed by atoms with Crippen LogP contribution in [0.3, 0.4) is 0 Å². The average Bonchev–Trinajstić information content (AvgIpc) is 2.64. The molecule has 30 heavy (non-hydrogen) atoms. The molecule has 0 radical (unpaired) electrons. The topological polar surface area (TPSA) is 88.7 Å². The number of amides is 2. The van der Waals surface area contributed by atoms with E-state index in [1.54, 1.807) is 6.07 Å². The van der Waals surface area contributed by atoms with Crippen molar-refractivity contribution in [2.24, 2.45) is 0 Å². The molecule has 2 rings (SSSR count). The molecule has 0 aromatic heterocycles. The highest BCUT2D eigenvalue weighted by molar-refractivity contribution is 9.11. The van der Waals surface area contributed by atoms with Crippen LogP contribution in [0.1, 0.15) is 11.1 Å². The lowest BCUT2D eigenvalue weighted by atomic mass is 10.2. The fourth-order valence-electron chi connectivity index (χ4n) is 2.23. The summed E-state index contributed by atoms with van der Waals surface area (Å²) in [5, 5.41) is 2.34. The van der Waals surface area contributed by atoms with Crippen molar-refractivity contribution < 1.29 is 19.1 Å². The van der Waals surface area contributed by atoms with Crippen LogP contribution in [0.5, 0.6) is 11.5 Å². The lowest BCUT2D eigenvalue weighted by Gasteiger charge is -2.14. The lowest BCUT2D eigenvalue weighted by molar-refractivity contribution is -0.124. The van der Waals surface area contributed by atoms with Gasteiger partial charge in [-0.1, -0.05) is 22.0 Å². The molecule has 0 aliphatic heterocycles. The molecule has 0 saturated carbocycles. The van der Waals surface area contributed by atoms with E-state index in [1.165, 1.54) is 0 Å². The van der Waals surface area contributed by atoms with E-state index in [-0.39, 0.29) is 18.3 Å². The van der Waals surface area contributed by atoms with Crippen molar-refractivity contribution in [2.75, 3.05) is 13.2 Å². The zero-order valence-corrected chi connectivity index (χ0v) is 21.6. The Morgan fingerprint density at radius 1 is 0.933 bits per heavy atom. The normalized spacial score (nSPS) is 10.2. The van der Waals surface area contributed by atoms with E-state index in [9.17, 15) is 9.59 Å². The number of thiocarbonyl (C=S) groups is 1. The van der Waals surface area contributed by atoms with Crippen LogP contribution in [0.2, 0.25) is 0 Å². The van der Waals surface area contributed by atoms with Crippen LogP contribution in [0.25, 0.3) is 0 Å². The van der Waals surface area contributed by atoms with Crippen LogP contribution in [-0.4, -0.2) is 30.1 Å². The van der Waals surface area contributed by atoms with Gasteiger partial charge in [-0.05, 0) is 93.3 Å². The fraction of sp³-hybridized carbons (Fsp3) is 0.211. The molecule has 7 nitrogen and oxygen atoms in total. The first-order chi connectivity index (χ1) is 14.2. The molecular formula is C19H18Br3N3O4S. The molecule has 3 N–H and O–H groups in total. The summed E-state index contributed by atoms with van der Waals surface area (Å²) in [4.78, 5) is 23.9. The van der Waals surface area contributed by atoms with Gasteiger partial charge in [-0.2, -0.15) is 0 Å². The minimum atomic E-state index is -0.472. The Hall–Kier alpha value is -1.69. The number of rotatable bonds is 6. The predicted molar refractivity (Wildman–Crippen MR) is 128 cm³/mol. The smallest absolute Gasteiger partial charge is 0.276 e. The maximum atomic E-state index is 11.9. The third-order valence-electron chi connectivity index (χ3n) is 3.56. The standard InChI is InChI=1S/C19H18Br3N3O4S/c1-10-3-4-15(13(21)5-10)28-8-16(26)23-19(30)25-24-17(27)9-29-18-11(2)6-12(20)7-14(18)22/h3-7H,8-9H2,1-2H3,(H,24,27)(H2,23,25,26,30). The Bertz CT molecular complexity index is 949. The van der Waals surface area contributed by atoms with E-state index in [0.29, 0.717) is 11.5 Å². The van der Waals surface area contributed by atoms with Gasteiger partial charge in [-0.15, -0.1) is 0 Å². The van der Waals surface area contributed by atoms with Gasteiger partial charge in [-0.25, -0.2) is 0 Å². The van der Waals surface area contributed by atoms with Gasteiger partial charge in [0, 0.05) is 4.47 Å². The highest BCUT2D eigenvalue weighted by Crippen LogP contribution is 2.32. The molecule has 2 aromatic carbocycles. The largest absolute Gasteiger partial charge is 0.483 e. The molecule has 0 heterocycles. The SMILES string of the molecule is Cc1ccc(OCC(=O)NC(=S)NNC(=O)COc2c(C)cc(Br)cc2Br)c(Br)c1. The Balaban J connectivity index is 1.72. The van der Waals surface area contributed by atoms with Crippen LogP contribution in [0, 0.1) is 13.8 Å². The van der Waals surface area contributed by atoms with E-state index in [2.05, 4.69) is 64.0 Å². The van der Waals surface area contributed by atoms with Crippen molar-refractivity contribution in [3.8, 4) is 11.5 Å². The average molecular weight is 624 g/mol. The Kier molecular flexibility index (Phi) is 9.53. The molecule has 160 valence electrons. The second-order valence-corrected chi connectivity index (χ2v) is 9.13. The van der Waals surface area contributed by atoms with Gasteiger partial charge in [0.05, 0.1) is 8.95 Å². The maximum absolute atomic E-state index is 11.9. The first kappa shape index (κ1) is 24.6. The van der Waals surface area contributed by atoms with Gasteiger partial charge in [0.15, 0.2) is 18.3 Å². The van der Waals surface area contributed by atoms with Crippen LogP contribution in [-0.2, 0) is 9.59 Å². The minimum absolute atomic E-state index is 0.0686. The number of ether oxygens (including phenoxy) is 2. The predicted octanol–water partition coefficient (Wildman–Crippen LogP) is 4.07. The van der Waals surface area contributed by atoms with Gasteiger partial charge in [0.2, 0.25) is 0 Å². The summed E-state index contributed by atoms with van der Waals surface area (Å²) in [6.45, 7) is 3.33. The fourth-order valence-corrected chi connectivity index (χ4v) is 4.56. The van der Waals surface area contributed by atoms with Crippen LogP contribution >= 0.6 is 60.0 Å². The highest BCUT2D eigenvalue weighted by Gasteiger charge is 2.11. The van der Waals surface area contributed by atoms with Crippen LogP contribution < -0.4 is 25.6 Å². The molecule has 0 fully saturated rings. The van der Waals surface area contributed by atoms with Gasteiger partial charge in [0.1, 0.15) is 11.5 Å². The summed E-state index contributed by atoms with van der Waals surface area (Å²) in [5.74, 6) is 0.152. The molecule has 0 unspecified atom stereocenters. The van der Waals surface area contributed by atoms with Crippen LogP contribution in [0.4, 0.5) is 0 Å². The van der Waals surface area contributed by atoms with Gasteiger partial charge in [-0.3, -0.25) is 25.8 Å². The third kappa shape index (κ3) is 7.86. The zero-order valence-electron chi connectivity index (χ0n) is 16.0. The Labute approximate surface area is 204 Å². The Morgan fingerprint density at radius 3 is 2.30 bits per heavy atom. The second-order valence-electron chi connectivity index (χ2n) is 6.10. The molecule has 0 saturated heterocycles. The van der Waals surface area contributed by atoms with Gasteiger partial charge >= 0.3 is 0 Å². The van der Waals surface area contributed by atoms with Crippen molar-refractivity contribution in [1.82, 2.24) is 16.2 Å². The third-order valence-corrected chi connectivity index (χ3v) is 5.43. The zero-order chi connectivity index (χ0) is 22.3. The molecule has 11 heteroatoms. The number of aryl methyl sites for hydroxylation is 2. The van der Waals surface area contributed by atoms with E-state index in [4.69, 9.17) is 21.7 Å². The number of halogens is 3. The van der Waals surface area contributed by atoms with E-state index < -0.39 is 11.8 Å². The van der Waals surface area contributed by atoms with Crippen molar-refractivity contribution >= 4 is 76.9 Å². The number of hydrogen-bond donors (Lipinski definition) is 3. The van der Waals surface area contributed by atoms with Crippen molar-refractivity contribution in [3.05, 3.63) is 54.9 Å². The van der Waals surface area contributed by atoms with Crippen molar-refractivity contribution in [1.29, 1.82) is 0 Å². The number of hydrogen-bond acceptors (Lipinski definition) is 5. The van der Waals surface area contributed by atoms with E-state index in [1.807, 2.05) is 38.1 Å². The summed E-state index contributed by atoms with van der Waals surface area (Å²) in [5.41, 5.74) is 6.72. The highest BCUT2D eigenvalue weighted by atomic mass is 79.9. The molecule has 2 aromatic rings. The second kappa shape index (κ2) is 11.6. The van der Waals surface area contributed by atoms with E-state index in [0.717, 1.165) is 24.5 Å². The van der Waals surface area contributed by atoms with E-state index >= 15 is 0 Å². The molecule has 0 atom stereocenters. The van der Waals surface area contributed by atoms with Crippen molar-refractivity contribution in [3.63, 3.8) is 0 Å². The summed E-state index contributed by atoms with van der Waals surface area (Å²) in [6.07, 6.45) is 0. The summed E-state index contributed by atoms with van der Waals surface area (Å²) < 4.78 is 13.3. The Morgan fingerprint density at radius 2 is 1.63 bits per heavy atom. The summed E-state index contributed by atoms with van der Waals surface area (Å²) in [6, 6.07) is 9.20. The molecule has 0 bridgehead atoms. The number of carbonyl (C=O) groups is 2. The molecule has 2 amide bonds. The van der Waals surface area contributed by atoms with Gasteiger partial charge in [0.25, 0.3) is 11.8 Å². The first-order valence-corrected chi connectivity index (χ1v) is 11.3. The van der Waals surface area contributed by atoms with Gasteiger partial charge < -0.3 is 9.47 Å². The molecule has 0 aliphatic carbocycles. The quantitative estimate of drug-likeness (QED) is 0.332. The summed E-state index contributed by atoms with van der Waals surface area (Å²) in [7, 11) is 0. The molecular weight excluding hydrogens is 606 g/mol.